The molecule has 2 aliphatic rings. The normalized spacial score (nSPS) is 21.2. The molecular weight excluding hydrogens is 394 g/mol. The maximum atomic E-state index is 11.3. The zero-order chi connectivity index (χ0) is 22.9. The zero-order valence-electron chi connectivity index (χ0n) is 18.3. The van der Waals surface area contributed by atoms with Gasteiger partial charge in [-0.2, -0.15) is 0 Å². The van der Waals surface area contributed by atoms with Crippen LogP contribution < -0.4 is 0 Å². The van der Waals surface area contributed by atoms with E-state index in [0.717, 1.165) is 0 Å². The minimum absolute atomic E-state index is 0.0501. The van der Waals surface area contributed by atoms with Crippen LogP contribution in [0.25, 0.3) is 0 Å². The van der Waals surface area contributed by atoms with Gasteiger partial charge in [0.2, 0.25) is 0 Å². The Balaban J connectivity index is 0.000000303. The second-order valence-electron chi connectivity index (χ2n) is 8.34. The average molecular weight is 430 g/mol. The smallest absolute Gasteiger partial charge is 0.376 e. The van der Waals surface area contributed by atoms with Crippen molar-refractivity contribution < 1.29 is 39.7 Å². The highest BCUT2D eigenvalue weighted by Crippen LogP contribution is 2.27. The second-order valence-corrected chi connectivity index (χ2v) is 8.34. The lowest BCUT2D eigenvalue weighted by Crippen LogP contribution is -2.50. The molecule has 0 aromatic rings. The van der Waals surface area contributed by atoms with Crippen molar-refractivity contribution in [3.63, 3.8) is 0 Å². The largest absolute Gasteiger partial charge is 0.481 e. The van der Waals surface area contributed by atoms with E-state index in [9.17, 15) is 29.9 Å². The van der Waals surface area contributed by atoms with Crippen LogP contribution in [0.4, 0.5) is 0 Å². The Morgan fingerprint density at radius 2 is 1.23 bits per heavy atom. The minimum atomic E-state index is -1.09. The third-order valence-corrected chi connectivity index (χ3v) is 5.77. The monoisotopic (exact) mass is 430 g/mol. The molecule has 0 saturated carbocycles. The highest BCUT2D eigenvalue weighted by Gasteiger charge is 2.37. The van der Waals surface area contributed by atoms with Crippen LogP contribution in [0.2, 0.25) is 13.6 Å². The first-order chi connectivity index (χ1) is 13.9. The molecule has 5 N–H and O–H groups in total. The highest BCUT2D eigenvalue weighted by atomic mass is 16.5. The molecule has 0 aliphatic carbocycles. The molecule has 0 bridgehead atoms. The minimum Gasteiger partial charge on any atom is -0.481 e. The average Bonchev–Trinajstić information content (AvgIpc) is 2.61. The summed E-state index contributed by atoms with van der Waals surface area (Å²) >= 11 is 0. The van der Waals surface area contributed by atoms with Crippen LogP contribution in [0.1, 0.15) is 45.4 Å². The molecular formula is C18H36B2N2O8. The molecule has 2 heterocycles. The first kappa shape index (κ1) is 26.9. The molecule has 0 amide bonds. The van der Waals surface area contributed by atoms with Crippen molar-refractivity contribution in [3.05, 3.63) is 0 Å². The second kappa shape index (κ2) is 12.0. The summed E-state index contributed by atoms with van der Waals surface area (Å²) in [5.74, 6) is -1.33. The molecule has 0 aromatic carbocycles. The van der Waals surface area contributed by atoms with Gasteiger partial charge in [0, 0.05) is 0 Å². The summed E-state index contributed by atoms with van der Waals surface area (Å²) < 4.78 is 4.82. The maximum absolute atomic E-state index is 11.3. The van der Waals surface area contributed by atoms with Crippen LogP contribution in [-0.4, -0.2) is 105 Å². The van der Waals surface area contributed by atoms with Gasteiger partial charge in [-0.3, -0.25) is 9.59 Å². The van der Waals surface area contributed by atoms with Gasteiger partial charge < -0.3 is 39.7 Å². The molecule has 2 aliphatic heterocycles. The number of carbonyl (C=O) groups is 2. The van der Waals surface area contributed by atoms with Crippen LogP contribution >= 0.6 is 0 Å². The fourth-order valence-electron chi connectivity index (χ4n) is 3.74. The number of carboxylic acids is 1. The number of carbonyl (C=O) groups excluding carboxylic acids is 1. The lowest BCUT2D eigenvalue weighted by Gasteiger charge is -2.38. The molecule has 0 spiro atoms. The van der Waals surface area contributed by atoms with Crippen molar-refractivity contribution in [1.82, 2.24) is 9.62 Å². The van der Waals surface area contributed by atoms with Gasteiger partial charge in [0.05, 0.1) is 30.7 Å². The Morgan fingerprint density at radius 1 is 0.867 bits per heavy atom. The lowest BCUT2D eigenvalue weighted by atomic mass is 9.78. The van der Waals surface area contributed by atoms with Crippen molar-refractivity contribution in [2.45, 2.75) is 70.3 Å². The molecule has 0 unspecified atom stereocenters. The van der Waals surface area contributed by atoms with Gasteiger partial charge in [0.1, 0.15) is 0 Å². The summed E-state index contributed by atoms with van der Waals surface area (Å²) in [6.07, 6.45) is 1.65. The number of aliphatic carboxylic acids is 1. The highest BCUT2D eigenvalue weighted by molar-refractivity contribution is 6.45. The Hall–Kier alpha value is -1.17. The van der Waals surface area contributed by atoms with Crippen molar-refractivity contribution in [3.8, 4) is 0 Å². The van der Waals surface area contributed by atoms with E-state index in [1.807, 2.05) is 9.62 Å². The van der Waals surface area contributed by atoms with Gasteiger partial charge in [-0.05, 0) is 72.4 Å². The van der Waals surface area contributed by atoms with Crippen LogP contribution in [0.3, 0.4) is 0 Å². The first-order valence-corrected chi connectivity index (χ1v) is 10.6. The fourth-order valence-corrected chi connectivity index (χ4v) is 3.74. The SMILES string of the molecule is CB(O)N1CCC(O)(CC(=O)O)CC1.CCOC(=O)CC1(O)CCN(B(C)O)CC1. The van der Waals surface area contributed by atoms with Crippen molar-refractivity contribution in [1.29, 1.82) is 0 Å². The van der Waals surface area contributed by atoms with E-state index in [4.69, 9.17) is 9.84 Å². The van der Waals surface area contributed by atoms with Crippen LogP contribution in [-0.2, 0) is 14.3 Å². The number of carboxylic acid groups (broad SMARTS) is 1. The predicted octanol–water partition coefficient (Wildman–Crippen LogP) is -0.725. The molecule has 12 heteroatoms. The standard InChI is InChI=1S/C10H20BNO4.C8H16BNO4/c1-3-16-9(13)8-10(14)4-6-12(7-5-10)11(2)15;1-9(14)10-4-2-8(13,3-5-10)6-7(11)12/h14-15H,3-8H2,1-2H3;13-14H,2-6H2,1H3,(H,11,12). The van der Waals surface area contributed by atoms with Gasteiger partial charge in [-0.1, -0.05) is 0 Å². The van der Waals surface area contributed by atoms with E-state index in [1.165, 1.54) is 0 Å². The summed E-state index contributed by atoms with van der Waals surface area (Å²) in [5.41, 5.74) is -2.05. The molecule has 172 valence electrons. The zero-order valence-corrected chi connectivity index (χ0v) is 18.3. The molecule has 2 fully saturated rings. The van der Waals surface area contributed by atoms with Gasteiger partial charge in [0.25, 0.3) is 0 Å². The summed E-state index contributed by atoms with van der Waals surface area (Å²) in [6.45, 7) is 7.76. The van der Waals surface area contributed by atoms with E-state index < -0.39 is 31.3 Å². The Morgan fingerprint density at radius 3 is 1.53 bits per heavy atom. The van der Waals surface area contributed by atoms with E-state index in [-0.39, 0.29) is 18.8 Å². The molecule has 0 atom stereocenters. The molecule has 30 heavy (non-hydrogen) atoms. The summed E-state index contributed by atoms with van der Waals surface area (Å²) in [6, 6.07) is 0. The molecule has 2 rings (SSSR count). The summed E-state index contributed by atoms with van der Waals surface area (Å²) in [5, 5.41) is 47.2. The third-order valence-electron chi connectivity index (χ3n) is 5.77. The topological polar surface area (TPSA) is 151 Å². The van der Waals surface area contributed by atoms with E-state index >= 15 is 0 Å². The van der Waals surface area contributed by atoms with E-state index in [2.05, 4.69) is 0 Å². The summed E-state index contributed by atoms with van der Waals surface area (Å²) in [4.78, 5) is 25.4. The molecule has 0 aromatic heterocycles. The fraction of sp³-hybridized carbons (Fsp3) is 0.889. The van der Waals surface area contributed by atoms with Gasteiger partial charge in [-0.15, -0.1) is 0 Å². The number of nitrogens with zero attached hydrogens (tertiary/aromatic N) is 2. The van der Waals surface area contributed by atoms with Gasteiger partial charge in [0.15, 0.2) is 0 Å². The van der Waals surface area contributed by atoms with Crippen molar-refractivity contribution in [2.24, 2.45) is 0 Å². The number of ether oxygens (including phenoxy) is 1. The van der Waals surface area contributed by atoms with Crippen LogP contribution in [0.5, 0.6) is 0 Å². The Labute approximate surface area is 179 Å². The number of rotatable bonds is 7. The number of hydrogen-bond acceptors (Lipinski definition) is 9. The van der Waals surface area contributed by atoms with E-state index in [0.29, 0.717) is 58.5 Å². The number of aliphatic hydroxyl groups is 2. The number of piperidine rings is 2. The van der Waals surface area contributed by atoms with Crippen molar-refractivity contribution >= 4 is 26.0 Å². The lowest BCUT2D eigenvalue weighted by molar-refractivity contribution is -0.150. The maximum Gasteiger partial charge on any atom is 0.376 e. The third kappa shape index (κ3) is 9.32. The Bertz CT molecular complexity index is 548. The van der Waals surface area contributed by atoms with Crippen molar-refractivity contribution in [2.75, 3.05) is 32.8 Å². The van der Waals surface area contributed by atoms with E-state index in [1.54, 1.807) is 20.6 Å². The molecule has 2 saturated heterocycles. The molecule has 0 radical (unpaired) electrons. The summed E-state index contributed by atoms with van der Waals surface area (Å²) in [7, 11) is -1.02. The first-order valence-electron chi connectivity index (χ1n) is 10.6. The predicted molar refractivity (Wildman–Crippen MR) is 113 cm³/mol. The Kier molecular flexibility index (Phi) is 10.8. The molecule has 10 nitrogen and oxygen atoms in total. The van der Waals surface area contributed by atoms with Crippen LogP contribution in [0.15, 0.2) is 0 Å². The van der Waals surface area contributed by atoms with Gasteiger partial charge >= 0.3 is 26.0 Å². The quantitative estimate of drug-likeness (QED) is 0.259. The number of esters is 1. The number of hydrogen-bond donors (Lipinski definition) is 5. The van der Waals surface area contributed by atoms with Gasteiger partial charge in [-0.25, -0.2) is 0 Å². The van der Waals surface area contributed by atoms with Crippen LogP contribution in [0, 0.1) is 0 Å².